The van der Waals surface area contributed by atoms with Crippen molar-refractivity contribution in [3.8, 4) is 22.9 Å². The van der Waals surface area contributed by atoms with Gasteiger partial charge in [-0.1, -0.05) is 12.8 Å². The number of phenolic OH excluding ortho intramolecular Hbond substituents is 1. The van der Waals surface area contributed by atoms with Crippen LogP contribution in [0.15, 0.2) is 36.4 Å². The van der Waals surface area contributed by atoms with Crippen molar-refractivity contribution in [3.63, 3.8) is 0 Å². The van der Waals surface area contributed by atoms with E-state index in [1.165, 1.54) is 20.0 Å². The Hall–Kier alpha value is -2.82. The summed E-state index contributed by atoms with van der Waals surface area (Å²) in [4.78, 5) is 16.6. The minimum atomic E-state index is 0.0372. The second-order valence-electron chi connectivity index (χ2n) is 6.89. The fourth-order valence-corrected chi connectivity index (χ4v) is 3.87. The summed E-state index contributed by atoms with van der Waals surface area (Å²) in [5.41, 5.74) is 3.44. The van der Waals surface area contributed by atoms with Crippen LogP contribution in [-0.4, -0.2) is 27.6 Å². The predicted molar refractivity (Wildman–Crippen MR) is 101 cm³/mol. The molecule has 1 fully saturated rings. The molecular weight excluding hydrogens is 328 g/mol. The van der Waals surface area contributed by atoms with Gasteiger partial charge in [0.2, 0.25) is 0 Å². The Morgan fingerprint density at radius 3 is 2.65 bits per heavy atom. The van der Waals surface area contributed by atoms with Crippen molar-refractivity contribution >= 4 is 16.8 Å². The van der Waals surface area contributed by atoms with Gasteiger partial charge in [0.15, 0.2) is 17.3 Å². The van der Waals surface area contributed by atoms with E-state index in [1.54, 1.807) is 13.0 Å². The first-order valence-corrected chi connectivity index (χ1v) is 8.99. The topological polar surface area (TPSA) is 64.3 Å². The number of benzene rings is 2. The maximum absolute atomic E-state index is 11.7. The van der Waals surface area contributed by atoms with Gasteiger partial charge >= 0.3 is 0 Å². The lowest BCUT2D eigenvalue weighted by Crippen LogP contribution is -2.06. The largest absolute Gasteiger partial charge is 0.504 e. The van der Waals surface area contributed by atoms with Crippen LogP contribution in [0.2, 0.25) is 0 Å². The first-order valence-electron chi connectivity index (χ1n) is 8.99. The van der Waals surface area contributed by atoms with Crippen molar-refractivity contribution in [1.82, 2.24) is 9.55 Å². The van der Waals surface area contributed by atoms with E-state index in [-0.39, 0.29) is 11.5 Å². The van der Waals surface area contributed by atoms with E-state index in [0.29, 0.717) is 17.4 Å². The van der Waals surface area contributed by atoms with Crippen LogP contribution >= 0.6 is 0 Å². The summed E-state index contributed by atoms with van der Waals surface area (Å²) in [6.07, 6.45) is 4.69. The Labute approximate surface area is 152 Å². The number of nitrogens with zero attached hydrogens (tertiary/aromatic N) is 2. The molecule has 0 atom stereocenters. The van der Waals surface area contributed by atoms with Crippen molar-refractivity contribution in [2.75, 3.05) is 7.11 Å². The Morgan fingerprint density at radius 2 is 1.96 bits per heavy atom. The van der Waals surface area contributed by atoms with Crippen LogP contribution in [0.1, 0.15) is 49.0 Å². The molecule has 5 heteroatoms. The van der Waals surface area contributed by atoms with Crippen LogP contribution in [0, 0.1) is 0 Å². The molecule has 134 valence electrons. The number of aromatic hydroxyl groups is 1. The van der Waals surface area contributed by atoms with Crippen molar-refractivity contribution in [2.45, 2.75) is 38.6 Å². The number of fused-ring (bicyclic) bond motifs is 1. The number of ether oxygens (including phenoxy) is 1. The molecule has 26 heavy (non-hydrogen) atoms. The predicted octanol–water partition coefficient (Wildman–Crippen LogP) is 4.74. The van der Waals surface area contributed by atoms with E-state index >= 15 is 0 Å². The number of hydrogen-bond donors (Lipinski definition) is 1. The fraction of sp³-hybridized carbons (Fsp3) is 0.333. The quantitative estimate of drug-likeness (QED) is 0.691. The highest BCUT2D eigenvalue weighted by Crippen LogP contribution is 2.39. The lowest BCUT2D eigenvalue weighted by Gasteiger charge is -2.17. The Balaban J connectivity index is 1.94. The normalized spacial score (nSPS) is 14.8. The van der Waals surface area contributed by atoms with Gasteiger partial charge in [0.05, 0.1) is 18.1 Å². The van der Waals surface area contributed by atoms with Crippen LogP contribution < -0.4 is 4.74 Å². The monoisotopic (exact) mass is 350 g/mol. The number of methoxy groups -OCH3 is 1. The van der Waals surface area contributed by atoms with Crippen LogP contribution in [0.25, 0.3) is 22.4 Å². The molecule has 1 N–H and O–H groups in total. The van der Waals surface area contributed by atoms with Gasteiger partial charge in [-0.05, 0) is 56.2 Å². The maximum Gasteiger partial charge on any atom is 0.161 e. The lowest BCUT2D eigenvalue weighted by molar-refractivity contribution is 0.101. The van der Waals surface area contributed by atoms with E-state index in [0.717, 1.165) is 35.3 Å². The lowest BCUT2D eigenvalue weighted by atomic mass is 10.1. The minimum absolute atomic E-state index is 0.0372. The molecule has 0 radical (unpaired) electrons. The molecule has 5 nitrogen and oxygen atoms in total. The number of Topliss-reactive ketones (excluding diaryl/α,β-unsaturated/α-hetero) is 1. The molecule has 1 aliphatic carbocycles. The zero-order chi connectivity index (χ0) is 18.3. The van der Waals surface area contributed by atoms with Gasteiger partial charge in [0.1, 0.15) is 5.82 Å². The summed E-state index contributed by atoms with van der Waals surface area (Å²) in [5.74, 6) is 1.43. The Bertz CT molecular complexity index is 984. The molecule has 2 aromatic carbocycles. The molecule has 4 rings (SSSR count). The molecule has 3 aromatic rings. The molecule has 1 aromatic heterocycles. The Kier molecular flexibility index (Phi) is 4.15. The van der Waals surface area contributed by atoms with Crippen molar-refractivity contribution < 1.29 is 14.6 Å². The van der Waals surface area contributed by atoms with Crippen molar-refractivity contribution in [2.24, 2.45) is 0 Å². The van der Waals surface area contributed by atoms with Crippen LogP contribution in [0.4, 0.5) is 0 Å². The van der Waals surface area contributed by atoms with E-state index in [4.69, 9.17) is 9.72 Å². The highest BCUT2D eigenvalue weighted by molar-refractivity contribution is 5.97. The number of ketones is 1. The molecule has 1 heterocycles. The maximum atomic E-state index is 11.7. The van der Waals surface area contributed by atoms with E-state index in [2.05, 4.69) is 4.57 Å². The standard InChI is InChI=1S/C21H22N2O3/c1-13(24)14-7-9-18-17(11-14)22-21(23(18)16-5-3-4-6-16)15-8-10-19(25)20(12-15)26-2/h7-12,16,25H,3-6H2,1-2H3. The number of rotatable bonds is 4. The van der Waals surface area contributed by atoms with Crippen molar-refractivity contribution in [1.29, 1.82) is 0 Å². The van der Waals surface area contributed by atoms with Gasteiger partial charge < -0.3 is 14.4 Å². The summed E-state index contributed by atoms with van der Waals surface area (Å²) >= 11 is 0. The van der Waals surface area contributed by atoms with Gasteiger partial charge in [0, 0.05) is 17.2 Å². The summed E-state index contributed by atoms with van der Waals surface area (Å²) in [7, 11) is 1.54. The van der Waals surface area contributed by atoms with Crippen molar-refractivity contribution in [3.05, 3.63) is 42.0 Å². The van der Waals surface area contributed by atoms with E-state index < -0.39 is 0 Å². The number of carbonyl (C=O) groups is 1. The molecular formula is C21H22N2O3. The second kappa shape index (κ2) is 6.48. The first kappa shape index (κ1) is 16.6. The summed E-state index contributed by atoms with van der Waals surface area (Å²) in [5, 5.41) is 9.91. The minimum Gasteiger partial charge on any atom is -0.504 e. The molecule has 1 aliphatic rings. The van der Waals surface area contributed by atoms with Crippen LogP contribution in [0.5, 0.6) is 11.5 Å². The number of imidazole rings is 1. The number of aromatic nitrogens is 2. The van der Waals surface area contributed by atoms with Gasteiger partial charge in [0.25, 0.3) is 0 Å². The third-order valence-electron chi connectivity index (χ3n) is 5.22. The fourth-order valence-electron chi connectivity index (χ4n) is 3.87. The summed E-state index contributed by atoms with van der Waals surface area (Å²) < 4.78 is 7.56. The molecule has 0 aliphatic heterocycles. The second-order valence-corrected chi connectivity index (χ2v) is 6.89. The molecule has 0 unspecified atom stereocenters. The first-order chi connectivity index (χ1) is 12.6. The van der Waals surface area contributed by atoms with E-state index in [1.807, 2.05) is 30.3 Å². The molecule has 0 amide bonds. The summed E-state index contributed by atoms with van der Waals surface area (Å²) in [6, 6.07) is 11.4. The average Bonchev–Trinajstić information content (AvgIpc) is 3.28. The zero-order valence-electron chi connectivity index (χ0n) is 15.0. The number of carbonyl (C=O) groups excluding carboxylic acids is 1. The summed E-state index contributed by atoms with van der Waals surface area (Å²) in [6.45, 7) is 1.57. The number of phenols is 1. The average molecular weight is 350 g/mol. The highest BCUT2D eigenvalue weighted by atomic mass is 16.5. The highest BCUT2D eigenvalue weighted by Gasteiger charge is 2.24. The molecule has 0 spiro atoms. The molecule has 0 bridgehead atoms. The van der Waals surface area contributed by atoms with Crippen LogP contribution in [0.3, 0.4) is 0 Å². The number of hydrogen-bond acceptors (Lipinski definition) is 4. The molecule has 1 saturated carbocycles. The third-order valence-corrected chi connectivity index (χ3v) is 5.22. The zero-order valence-corrected chi connectivity index (χ0v) is 15.0. The SMILES string of the molecule is COc1cc(-c2nc3cc(C(C)=O)ccc3n2C2CCCC2)ccc1O. The van der Waals surface area contributed by atoms with Gasteiger partial charge in [-0.3, -0.25) is 4.79 Å². The molecule has 0 saturated heterocycles. The van der Waals surface area contributed by atoms with Gasteiger partial charge in [-0.15, -0.1) is 0 Å². The smallest absolute Gasteiger partial charge is 0.161 e. The Morgan fingerprint density at radius 1 is 1.19 bits per heavy atom. The third kappa shape index (κ3) is 2.73. The van der Waals surface area contributed by atoms with Gasteiger partial charge in [-0.25, -0.2) is 4.98 Å². The van der Waals surface area contributed by atoms with Crippen LogP contribution in [-0.2, 0) is 0 Å². The van der Waals surface area contributed by atoms with E-state index in [9.17, 15) is 9.90 Å². The van der Waals surface area contributed by atoms with Gasteiger partial charge in [-0.2, -0.15) is 0 Å².